The molecule has 4 aromatic rings. The van der Waals surface area contributed by atoms with E-state index in [0.29, 0.717) is 6.42 Å². The van der Waals surface area contributed by atoms with Crippen molar-refractivity contribution in [2.75, 3.05) is 7.11 Å². The molecule has 6 nitrogen and oxygen atoms in total. The van der Waals surface area contributed by atoms with Gasteiger partial charge in [-0.1, -0.05) is 30.3 Å². The van der Waals surface area contributed by atoms with Crippen molar-refractivity contribution in [3.05, 3.63) is 66.1 Å². The maximum absolute atomic E-state index is 12.0. The van der Waals surface area contributed by atoms with Gasteiger partial charge in [0.2, 0.25) is 0 Å². The summed E-state index contributed by atoms with van der Waals surface area (Å²) in [5.41, 5.74) is 6.79. The number of benzene rings is 1. The van der Waals surface area contributed by atoms with E-state index in [2.05, 4.69) is 23.1 Å². The lowest BCUT2D eigenvalue weighted by Gasteiger charge is -2.17. The average molecular weight is 400 g/mol. The van der Waals surface area contributed by atoms with Crippen molar-refractivity contribution in [3.8, 4) is 22.4 Å². The van der Waals surface area contributed by atoms with E-state index in [4.69, 9.17) is 9.72 Å². The first-order valence-electron chi connectivity index (χ1n) is 10.0. The molecule has 0 aliphatic rings. The second-order valence-corrected chi connectivity index (χ2v) is 7.20. The van der Waals surface area contributed by atoms with Gasteiger partial charge in [-0.25, -0.2) is 9.67 Å². The molecule has 0 N–H and O–H groups in total. The van der Waals surface area contributed by atoms with Crippen LogP contribution in [0.2, 0.25) is 0 Å². The Morgan fingerprint density at radius 3 is 2.60 bits per heavy atom. The molecule has 0 bridgehead atoms. The zero-order valence-corrected chi connectivity index (χ0v) is 17.4. The van der Waals surface area contributed by atoms with E-state index in [1.54, 1.807) is 0 Å². The lowest BCUT2D eigenvalue weighted by atomic mass is 9.91. The number of rotatable bonds is 6. The first-order chi connectivity index (χ1) is 14.6. The van der Waals surface area contributed by atoms with Crippen LogP contribution in [0.15, 0.2) is 55.0 Å². The van der Waals surface area contributed by atoms with Gasteiger partial charge in [0.15, 0.2) is 5.65 Å². The average Bonchev–Trinajstić information content (AvgIpc) is 3.19. The molecule has 0 atom stereocenters. The van der Waals surface area contributed by atoms with E-state index in [1.807, 2.05) is 60.5 Å². The molecule has 0 amide bonds. The summed E-state index contributed by atoms with van der Waals surface area (Å²) < 4.78 is 6.80. The first kappa shape index (κ1) is 19.8. The zero-order valence-electron chi connectivity index (χ0n) is 17.4. The van der Waals surface area contributed by atoms with Gasteiger partial charge in [-0.3, -0.25) is 9.78 Å². The third kappa shape index (κ3) is 3.68. The summed E-state index contributed by atoms with van der Waals surface area (Å²) in [4.78, 5) is 21.4. The van der Waals surface area contributed by atoms with Crippen LogP contribution < -0.4 is 0 Å². The highest BCUT2D eigenvalue weighted by Crippen LogP contribution is 2.37. The number of carbonyl (C=O) groups is 1. The van der Waals surface area contributed by atoms with Crippen LogP contribution in [0.5, 0.6) is 0 Å². The molecule has 0 saturated carbocycles. The van der Waals surface area contributed by atoms with E-state index in [-0.39, 0.29) is 12.4 Å². The maximum Gasteiger partial charge on any atom is 0.305 e. The van der Waals surface area contributed by atoms with E-state index in [9.17, 15) is 4.79 Å². The number of fused-ring (bicyclic) bond motifs is 1. The Morgan fingerprint density at radius 2 is 1.90 bits per heavy atom. The second kappa shape index (κ2) is 8.45. The molecule has 4 rings (SSSR count). The highest BCUT2D eigenvalue weighted by Gasteiger charge is 2.21. The highest BCUT2D eigenvalue weighted by atomic mass is 16.5. The lowest BCUT2D eigenvalue weighted by molar-refractivity contribution is -0.140. The number of ether oxygens (including phenoxy) is 1. The minimum absolute atomic E-state index is 0.244. The van der Waals surface area contributed by atoms with Crippen molar-refractivity contribution in [3.63, 3.8) is 0 Å². The third-order valence-corrected chi connectivity index (χ3v) is 5.20. The third-order valence-electron chi connectivity index (χ3n) is 5.20. The van der Waals surface area contributed by atoms with Gasteiger partial charge in [0.25, 0.3) is 0 Å². The predicted octanol–water partition coefficient (Wildman–Crippen LogP) is 4.59. The molecule has 0 saturated heterocycles. The Morgan fingerprint density at radius 1 is 1.10 bits per heavy atom. The minimum atomic E-state index is -0.244. The summed E-state index contributed by atoms with van der Waals surface area (Å²) in [6.07, 6.45) is 6.35. The van der Waals surface area contributed by atoms with Crippen LogP contribution in [0.1, 0.15) is 24.5 Å². The molecule has 0 spiro atoms. The molecule has 0 aliphatic heterocycles. The summed E-state index contributed by atoms with van der Waals surface area (Å²) >= 11 is 0. The molecule has 3 aromatic heterocycles. The standard InChI is InChI=1S/C24H24N4O2/c1-4-28-24-20(15-26-28)22(18-12-16(2)13-25-14-18)19(10-11-21(29)30-3)23(27-24)17-8-6-5-7-9-17/h5-9,12-15H,4,10-11H2,1-3H3. The molecular formula is C24H24N4O2. The van der Waals surface area contributed by atoms with E-state index in [1.165, 1.54) is 7.11 Å². The normalized spacial score (nSPS) is 11.0. The molecule has 0 unspecified atom stereocenters. The van der Waals surface area contributed by atoms with Crippen LogP contribution in [-0.4, -0.2) is 32.8 Å². The van der Waals surface area contributed by atoms with Gasteiger partial charge in [0.05, 0.1) is 19.0 Å². The van der Waals surface area contributed by atoms with Gasteiger partial charge in [-0.15, -0.1) is 0 Å². The van der Waals surface area contributed by atoms with E-state index >= 15 is 0 Å². The number of hydrogen-bond acceptors (Lipinski definition) is 5. The van der Waals surface area contributed by atoms with Crippen molar-refractivity contribution in [2.45, 2.75) is 33.2 Å². The van der Waals surface area contributed by atoms with Crippen LogP contribution in [0, 0.1) is 6.92 Å². The van der Waals surface area contributed by atoms with Crippen LogP contribution in [0.4, 0.5) is 0 Å². The molecular weight excluding hydrogens is 376 g/mol. The van der Waals surface area contributed by atoms with Gasteiger partial charge >= 0.3 is 5.97 Å². The fraction of sp³-hybridized carbons (Fsp3) is 0.250. The molecule has 30 heavy (non-hydrogen) atoms. The molecule has 152 valence electrons. The number of methoxy groups -OCH3 is 1. The Hall–Kier alpha value is -3.54. The topological polar surface area (TPSA) is 69.9 Å². The number of pyridine rings is 2. The van der Waals surface area contributed by atoms with Gasteiger partial charge in [0, 0.05) is 47.4 Å². The number of nitrogens with zero attached hydrogens (tertiary/aromatic N) is 4. The molecule has 0 fully saturated rings. The second-order valence-electron chi connectivity index (χ2n) is 7.20. The molecule has 0 aliphatic carbocycles. The van der Waals surface area contributed by atoms with E-state index < -0.39 is 0 Å². The molecule has 0 radical (unpaired) electrons. The lowest BCUT2D eigenvalue weighted by Crippen LogP contribution is -2.07. The Kier molecular flexibility index (Phi) is 5.57. The fourth-order valence-electron chi connectivity index (χ4n) is 3.79. The van der Waals surface area contributed by atoms with Crippen LogP contribution in [0.3, 0.4) is 0 Å². The van der Waals surface area contributed by atoms with Crippen molar-refractivity contribution in [1.82, 2.24) is 19.7 Å². The maximum atomic E-state index is 12.0. The summed E-state index contributed by atoms with van der Waals surface area (Å²) in [5, 5.41) is 5.51. The van der Waals surface area contributed by atoms with Crippen molar-refractivity contribution in [2.24, 2.45) is 0 Å². The number of esters is 1. The van der Waals surface area contributed by atoms with Crippen molar-refractivity contribution < 1.29 is 9.53 Å². The van der Waals surface area contributed by atoms with Crippen molar-refractivity contribution >= 4 is 17.0 Å². The number of aromatic nitrogens is 4. The molecule has 3 heterocycles. The van der Waals surface area contributed by atoms with Gasteiger partial charge in [-0.05, 0) is 37.5 Å². The van der Waals surface area contributed by atoms with Crippen LogP contribution in [-0.2, 0) is 22.5 Å². The largest absolute Gasteiger partial charge is 0.469 e. The Labute approximate surface area is 175 Å². The van der Waals surface area contributed by atoms with Crippen LogP contribution in [0.25, 0.3) is 33.4 Å². The summed E-state index contributed by atoms with van der Waals surface area (Å²) in [5.74, 6) is -0.244. The first-order valence-corrected chi connectivity index (χ1v) is 10.0. The zero-order chi connectivity index (χ0) is 21.1. The monoisotopic (exact) mass is 400 g/mol. The van der Waals surface area contributed by atoms with Crippen molar-refractivity contribution in [1.29, 1.82) is 0 Å². The van der Waals surface area contributed by atoms with E-state index in [0.717, 1.165) is 51.1 Å². The number of hydrogen-bond donors (Lipinski definition) is 0. The van der Waals surface area contributed by atoms with Gasteiger partial charge in [0.1, 0.15) is 0 Å². The molecule has 6 heteroatoms. The predicted molar refractivity (Wildman–Crippen MR) is 117 cm³/mol. The smallest absolute Gasteiger partial charge is 0.305 e. The summed E-state index contributed by atoms with van der Waals surface area (Å²) in [6.45, 7) is 4.80. The fourth-order valence-corrected chi connectivity index (χ4v) is 3.79. The SMILES string of the molecule is CCn1ncc2c(-c3cncc(C)c3)c(CCC(=O)OC)c(-c3ccccc3)nc21. The minimum Gasteiger partial charge on any atom is -0.469 e. The van der Waals surface area contributed by atoms with Gasteiger partial charge < -0.3 is 4.74 Å². The Balaban J connectivity index is 2.06. The Bertz CT molecular complexity index is 1200. The van der Waals surface area contributed by atoms with Crippen LogP contribution >= 0.6 is 0 Å². The number of carbonyl (C=O) groups excluding carboxylic acids is 1. The van der Waals surface area contributed by atoms with Gasteiger partial charge in [-0.2, -0.15) is 5.10 Å². The molecule has 1 aromatic carbocycles. The summed E-state index contributed by atoms with van der Waals surface area (Å²) in [6, 6.07) is 12.2. The number of aryl methyl sites for hydroxylation is 2. The highest BCUT2D eigenvalue weighted by molar-refractivity contribution is 5.98. The summed E-state index contributed by atoms with van der Waals surface area (Å²) in [7, 11) is 1.42. The quantitative estimate of drug-likeness (QED) is 0.443.